The van der Waals surface area contributed by atoms with E-state index in [1.807, 2.05) is 0 Å². The van der Waals surface area contributed by atoms with E-state index < -0.39 is 38.9 Å². The summed E-state index contributed by atoms with van der Waals surface area (Å²) in [5.41, 5.74) is 0.836. The van der Waals surface area contributed by atoms with Gasteiger partial charge in [0.2, 0.25) is 0 Å². The molecule has 0 spiro atoms. The lowest BCUT2D eigenvalue weighted by Gasteiger charge is -2.29. The van der Waals surface area contributed by atoms with Crippen LogP contribution in [0.5, 0.6) is 0 Å². The third kappa shape index (κ3) is 8.18. The van der Waals surface area contributed by atoms with Gasteiger partial charge in [-0.3, -0.25) is 18.9 Å². The van der Waals surface area contributed by atoms with E-state index in [-0.39, 0.29) is 12.1 Å². The van der Waals surface area contributed by atoms with Crippen LogP contribution in [-0.4, -0.2) is 25.6 Å². The van der Waals surface area contributed by atoms with Gasteiger partial charge in [-0.15, -0.1) is 0 Å². The van der Waals surface area contributed by atoms with Crippen molar-refractivity contribution < 1.29 is 40.0 Å². The smallest absolute Gasteiger partial charge is 0.298 e. The van der Waals surface area contributed by atoms with Crippen molar-refractivity contribution >= 4 is 7.60 Å². The van der Waals surface area contributed by atoms with Crippen molar-refractivity contribution in [3.05, 3.63) is 71.8 Å². The fraction of sp³-hybridized carbons (Fsp3) is 0.333. The van der Waals surface area contributed by atoms with Crippen LogP contribution in [0, 0.1) is 0 Å². The largest absolute Gasteiger partial charge is 0.412 e. The zero-order valence-corrected chi connectivity index (χ0v) is 15.8. The van der Waals surface area contributed by atoms with Gasteiger partial charge in [-0.1, -0.05) is 60.7 Å². The summed E-state index contributed by atoms with van der Waals surface area (Å²) >= 11 is 0. The first kappa shape index (κ1) is 23.4. The van der Waals surface area contributed by atoms with E-state index in [4.69, 9.17) is 0 Å². The Labute approximate surface area is 163 Å². The van der Waals surface area contributed by atoms with Crippen LogP contribution in [0.25, 0.3) is 0 Å². The molecule has 0 aromatic heterocycles. The molecule has 4 nitrogen and oxygen atoms in total. The fourth-order valence-electron chi connectivity index (χ4n) is 2.37. The quantitative estimate of drug-likeness (QED) is 0.393. The highest BCUT2D eigenvalue weighted by Crippen LogP contribution is 2.60. The van der Waals surface area contributed by atoms with Gasteiger partial charge in [-0.05, 0) is 11.1 Å². The van der Waals surface area contributed by atoms with Crippen LogP contribution in [0.1, 0.15) is 16.9 Å². The Kier molecular flexibility index (Phi) is 7.87. The maximum absolute atomic E-state index is 13.1. The van der Waals surface area contributed by atoms with E-state index in [0.29, 0.717) is 5.56 Å². The highest BCUT2D eigenvalue weighted by atomic mass is 31.2. The summed E-state index contributed by atoms with van der Waals surface area (Å²) in [5, 5.41) is 2.72. The molecule has 0 amide bonds. The summed E-state index contributed by atoms with van der Waals surface area (Å²) in [6, 6.07) is 15.9. The molecule has 0 heterocycles. The number of hydrogen-bond acceptors (Lipinski definition) is 4. The monoisotopic (exact) mass is 441 g/mol. The van der Waals surface area contributed by atoms with Crippen molar-refractivity contribution in [1.29, 1.82) is 0 Å². The van der Waals surface area contributed by atoms with Gasteiger partial charge in [0.25, 0.3) is 0 Å². The summed E-state index contributed by atoms with van der Waals surface area (Å²) in [6.07, 6.45) is -9.81. The molecule has 2 rings (SSSR count). The maximum atomic E-state index is 13.1. The molecule has 0 aliphatic carbocycles. The molecule has 2 aromatic rings. The molecule has 2 aromatic carbocycles. The van der Waals surface area contributed by atoms with Gasteiger partial charge < -0.3 is 0 Å². The maximum Gasteiger partial charge on any atom is 0.412 e. The Hall–Kier alpha value is -1.87. The van der Waals surface area contributed by atoms with Gasteiger partial charge >= 0.3 is 19.9 Å². The average Bonchev–Trinajstić information content (AvgIpc) is 2.66. The predicted molar refractivity (Wildman–Crippen MR) is 94.1 cm³/mol. The van der Waals surface area contributed by atoms with Crippen LogP contribution >= 0.6 is 7.60 Å². The second-order valence-electron chi connectivity index (χ2n) is 6.00. The van der Waals surface area contributed by atoms with Crippen LogP contribution in [-0.2, 0) is 20.2 Å². The molecule has 1 N–H and O–H groups in total. The third-order valence-electron chi connectivity index (χ3n) is 3.59. The third-order valence-corrected chi connectivity index (χ3v) is 5.68. The first-order valence-electron chi connectivity index (χ1n) is 8.33. The SMILES string of the molecule is O=P(OCC(F)(F)F)(OCC(F)(F)F)[C@H](NCc1ccccc1)c1ccccc1. The molecule has 0 unspecified atom stereocenters. The average molecular weight is 441 g/mol. The Morgan fingerprint density at radius 3 is 1.69 bits per heavy atom. The van der Waals surface area contributed by atoms with Crippen molar-refractivity contribution in [1.82, 2.24) is 5.32 Å². The van der Waals surface area contributed by atoms with Gasteiger partial charge in [-0.2, -0.15) is 26.3 Å². The first-order chi connectivity index (χ1) is 13.5. The van der Waals surface area contributed by atoms with Gasteiger partial charge in [-0.25, -0.2) is 0 Å². The lowest BCUT2D eigenvalue weighted by molar-refractivity contribution is -0.166. The van der Waals surface area contributed by atoms with Gasteiger partial charge in [0.05, 0.1) is 0 Å². The topological polar surface area (TPSA) is 47.6 Å². The number of benzene rings is 2. The van der Waals surface area contributed by atoms with Crippen LogP contribution in [0.4, 0.5) is 26.3 Å². The number of nitrogens with one attached hydrogen (secondary N) is 1. The molecule has 0 saturated carbocycles. The molecule has 0 aliphatic heterocycles. The number of hydrogen-bond donors (Lipinski definition) is 1. The van der Waals surface area contributed by atoms with Crippen molar-refractivity contribution in [3.63, 3.8) is 0 Å². The molecule has 0 radical (unpaired) electrons. The minimum Gasteiger partial charge on any atom is -0.298 e. The zero-order valence-electron chi connectivity index (χ0n) is 14.9. The fourth-order valence-corrected chi connectivity index (χ4v) is 4.25. The molecule has 160 valence electrons. The van der Waals surface area contributed by atoms with Crippen molar-refractivity contribution in [2.45, 2.75) is 24.7 Å². The lowest BCUT2D eigenvalue weighted by Crippen LogP contribution is -2.27. The van der Waals surface area contributed by atoms with Gasteiger partial charge in [0, 0.05) is 6.54 Å². The molecule has 0 saturated heterocycles. The van der Waals surface area contributed by atoms with E-state index >= 15 is 0 Å². The molecule has 0 fully saturated rings. The number of rotatable bonds is 9. The minimum absolute atomic E-state index is 0.00907. The van der Waals surface area contributed by atoms with Crippen LogP contribution < -0.4 is 5.32 Å². The normalized spacial score (nSPS) is 14.0. The summed E-state index contributed by atoms with van der Waals surface area (Å²) < 4.78 is 97.8. The number of halogens is 6. The number of alkyl halides is 6. The van der Waals surface area contributed by atoms with Crippen molar-refractivity contribution in [3.8, 4) is 0 Å². The van der Waals surface area contributed by atoms with Crippen LogP contribution in [0.2, 0.25) is 0 Å². The summed E-state index contributed by atoms with van der Waals surface area (Å²) in [7, 11) is -4.93. The van der Waals surface area contributed by atoms with Crippen LogP contribution in [0.3, 0.4) is 0 Å². The molecule has 11 heteroatoms. The second-order valence-corrected chi connectivity index (χ2v) is 8.11. The van der Waals surface area contributed by atoms with E-state index in [2.05, 4.69) is 14.4 Å². The Balaban J connectivity index is 2.34. The van der Waals surface area contributed by atoms with E-state index in [1.165, 1.54) is 24.3 Å². The summed E-state index contributed by atoms with van der Waals surface area (Å²) in [4.78, 5) is 0. The van der Waals surface area contributed by atoms with E-state index in [1.54, 1.807) is 36.4 Å². The minimum atomic E-state index is -4.93. The molecule has 29 heavy (non-hydrogen) atoms. The van der Waals surface area contributed by atoms with Crippen molar-refractivity contribution in [2.24, 2.45) is 0 Å². The molecular weight excluding hydrogens is 423 g/mol. The van der Waals surface area contributed by atoms with E-state index in [0.717, 1.165) is 0 Å². The molecule has 0 bridgehead atoms. The Morgan fingerprint density at radius 1 is 0.793 bits per heavy atom. The highest BCUT2D eigenvalue weighted by molar-refractivity contribution is 7.54. The van der Waals surface area contributed by atoms with Crippen molar-refractivity contribution in [2.75, 3.05) is 13.2 Å². The standard InChI is InChI=1S/C18H18F6NO3P/c19-17(20,21)12-27-29(26,28-13-18(22,23)24)16(15-9-5-2-6-10-15)25-11-14-7-3-1-4-8-14/h1-10,16,25H,11-13H2/t16-/m0/s1. The first-order valence-corrected chi connectivity index (χ1v) is 9.94. The van der Waals surface area contributed by atoms with Gasteiger partial charge in [0.1, 0.15) is 5.78 Å². The Morgan fingerprint density at radius 2 is 1.24 bits per heavy atom. The van der Waals surface area contributed by atoms with E-state index in [9.17, 15) is 30.9 Å². The summed E-state index contributed by atoms with van der Waals surface area (Å²) in [5.74, 6) is -1.55. The second kappa shape index (κ2) is 9.75. The Bertz CT molecular complexity index is 777. The molecular formula is C18H18F6NO3P. The molecule has 1 atom stereocenters. The van der Waals surface area contributed by atoms with Crippen LogP contribution in [0.15, 0.2) is 60.7 Å². The van der Waals surface area contributed by atoms with Gasteiger partial charge in [0.15, 0.2) is 13.2 Å². The highest BCUT2D eigenvalue weighted by Gasteiger charge is 2.44. The lowest BCUT2D eigenvalue weighted by atomic mass is 10.2. The molecule has 0 aliphatic rings. The summed E-state index contributed by atoms with van der Waals surface area (Å²) in [6.45, 7) is -4.02. The predicted octanol–water partition coefficient (Wildman–Crippen LogP) is 5.83. The zero-order chi connectivity index (χ0) is 21.5.